The Balaban J connectivity index is 2.13. The van der Waals surface area contributed by atoms with Crippen LogP contribution in [0.25, 0.3) is 0 Å². The minimum Gasteiger partial charge on any atom is -0.454 e. The van der Waals surface area contributed by atoms with Gasteiger partial charge in [0.1, 0.15) is 7.05 Å². The molecule has 0 spiro atoms. The summed E-state index contributed by atoms with van der Waals surface area (Å²) in [5, 5.41) is 0. The Kier molecular flexibility index (Phi) is 1.75. The molecule has 3 nitrogen and oxygen atoms in total. The van der Waals surface area contributed by atoms with E-state index in [2.05, 4.69) is 36.9 Å². The topological polar surface area (TPSA) is 21.5 Å². The van der Waals surface area contributed by atoms with E-state index in [1.54, 1.807) is 0 Å². The second kappa shape index (κ2) is 2.99. The monoisotopic (exact) mass is 204 g/mol. The van der Waals surface area contributed by atoms with E-state index in [9.17, 15) is 0 Å². The van der Waals surface area contributed by atoms with Gasteiger partial charge in [0.25, 0.3) is 0 Å². The van der Waals surface area contributed by atoms with Gasteiger partial charge in [0.05, 0.1) is 0 Å². The van der Waals surface area contributed by atoms with Crippen LogP contribution in [-0.4, -0.2) is 30.7 Å². The van der Waals surface area contributed by atoms with Crippen LogP contribution in [0.5, 0.6) is 11.5 Å². The molecule has 1 atom stereocenters. The molecule has 0 amide bonds. The lowest BCUT2D eigenvalue weighted by atomic mass is 9.97. The van der Waals surface area contributed by atoms with Crippen LogP contribution in [0.3, 0.4) is 0 Å². The number of hydrogen-bond donors (Lipinski definition) is 0. The van der Waals surface area contributed by atoms with Crippen molar-refractivity contribution in [2.75, 3.05) is 13.8 Å². The van der Waals surface area contributed by atoms with Crippen molar-refractivity contribution >= 4 is 6.21 Å². The Bertz CT molecular complexity index is 451. The largest absolute Gasteiger partial charge is 0.454 e. The zero-order chi connectivity index (χ0) is 10.4. The summed E-state index contributed by atoms with van der Waals surface area (Å²) < 4.78 is 13.0. The molecule has 1 aromatic carbocycles. The summed E-state index contributed by atoms with van der Waals surface area (Å²) in [5.74, 6) is 1.76. The van der Waals surface area contributed by atoms with Crippen LogP contribution < -0.4 is 9.47 Å². The third-order valence-electron chi connectivity index (χ3n) is 3.19. The van der Waals surface area contributed by atoms with E-state index in [4.69, 9.17) is 9.47 Å². The number of rotatable bonds is 0. The molecule has 0 radical (unpaired) electrons. The van der Waals surface area contributed by atoms with Crippen molar-refractivity contribution < 1.29 is 14.0 Å². The Labute approximate surface area is 88.9 Å². The van der Waals surface area contributed by atoms with Crippen LogP contribution in [0, 0.1) is 0 Å². The third kappa shape index (κ3) is 1.30. The van der Waals surface area contributed by atoms with Crippen LogP contribution in [0.1, 0.15) is 18.1 Å². The molecule has 15 heavy (non-hydrogen) atoms. The summed E-state index contributed by atoms with van der Waals surface area (Å²) in [4.78, 5) is 0. The number of nitrogens with zero attached hydrogens (tertiary/aromatic N) is 1. The van der Waals surface area contributed by atoms with E-state index in [1.807, 2.05) is 0 Å². The van der Waals surface area contributed by atoms with Gasteiger partial charge in [-0.15, -0.1) is 0 Å². The van der Waals surface area contributed by atoms with Gasteiger partial charge in [0, 0.05) is 12.0 Å². The summed E-state index contributed by atoms with van der Waals surface area (Å²) in [6.07, 6.45) is 3.24. The molecule has 0 N–H and O–H groups in total. The Morgan fingerprint density at radius 2 is 2.00 bits per heavy atom. The first-order chi connectivity index (χ1) is 7.24. The molecule has 0 saturated heterocycles. The van der Waals surface area contributed by atoms with Gasteiger partial charge in [0.2, 0.25) is 6.79 Å². The highest BCUT2D eigenvalue weighted by atomic mass is 16.7. The highest BCUT2D eigenvalue weighted by Crippen LogP contribution is 2.35. The van der Waals surface area contributed by atoms with Gasteiger partial charge in [-0.25, -0.2) is 4.58 Å². The molecule has 0 fully saturated rings. The lowest BCUT2D eigenvalue weighted by Gasteiger charge is -2.16. The molecule has 0 aromatic heterocycles. The molecule has 1 unspecified atom stereocenters. The Morgan fingerprint density at radius 3 is 2.80 bits per heavy atom. The van der Waals surface area contributed by atoms with Crippen LogP contribution in [0.2, 0.25) is 0 Å². The minimum absolute atomic E-state index is 0.351. The maximum Gasteiger partial charge on any atom is 0.231 e. The van der Waals surface area contributed by atoms with Crippen LogP contribution >= 0.6 is 0 Å². The lowest BCUT2D eigenvalue weighted by molar-refractivity contribution is -0.530. The molecule has 2 heterocycles. The van der Waals surface area contributed by atoms with Crippen molar-refractivity contribution in [3.63, 3.8) is 0 Å². The Hall–Kier alpha value is -1.51. The smallest absolute Gasteiger partial charge is 0.231 e. The zero-order valence-electron chi connectivity index (χ0n) is 8.99. The summed E-state index contributed by atoms with van der Waals surface area (Å²) in [6.45, 7) is 2.58. The molecule has 0 aliphatic carbocycles. The summed E-state index contributed by atoms with van der Waals surface area (Å²) >= 11 is 0. The number of fused-ring (bicyclic) bond motifs is 2. The van der Waals surface area contributed by atoms with Gasteiger partial charge in [0.15, 0.2) is 23.8 Å². The molecular formula is C12H14NO2+. The average Bonchev–Trinajstić information content (AvgIpc) is 2.63. The molecular weight excluding hydrogens is 190 g/mol. The normalized spacial score (nSPS) is 22.3. The van der Waals surface area contributed by atoms with Gasteiger partial charge in [-0.1, -0.05) is 0 Å². The summed E-state index contributed by atoms with van der Waals surface area (Å²) in [5.41, 5.74) is 2.60. The quantitative estimate of drug-likeness (QED) is 0.596. The standard InChI is InChI=1S/C12H14NO2/c1-8-3-9-4-11-12(15-7-14-11)5-10(9)6-13(8)2/h4-6,8H,3,7H2,1-2H3/q+1. The molecule has 0 bridgehead atoms. The average molecular weight is 204 g/mol. The number of likely N-dealkylation sites (N-methyl/N-ethyl adjacent to an activating group) is 1. The van der Waals surface area contributed by atoms with Crippen molar-refractivity contribution in [1.29, 1.82) is 0 Å². The number of benzene rings is 1. The molecule has 2 aliphatic heterocycles. The van der Waals surface area contributed by atoms with E-state index in [-0.39, 0.29) is 0 Å². The maximum atomic E-state index is 5.38. The molecule has 3 heteroatoms. The second-order valence-electron chi connectivity index (χ2n) is 4.25. The fourth-order valence-electron chi connectivity index (χ4n) is 2.11. The first-order valence-corrected chi connectivity index (χ1v) is 5.23. The molecule has 2 aliphatic rings. The van der Waals surface area contributed by atoms with Crippen molar-refractivity contribution in [2.24, 2.45) is 0 Å². The molecule has 1 aromatic rings. The zero-order valence-corrected chi connectivity index (χ0v) is 8.99. The fraction of sp³-hybridized carbons (Fsp3) is 0.417. The van der Waals surface area contributed by atoms with Gasteiger partial charge in [-0.05, 0) is 24.6 Å². The predicted molar refractivity (Wildman–Crippen MR) is 57.1 cm³/mol. The number of hydrogen-bond acceptors (Lipinski definition) is 2. The maximum absolute atomic E-state index is 5.38. The molecule has 0 saturated carbocycles. The third-order valence-corrected chi connectivity index (χ3v) is 3.19. The second-order valence-corrected chi connectivity index (χ2v) is 4.25. The van der Waals surface area contributed by atoms with Crippen LogP contribution in [-0.2, 0) is 6.42 Å². The lowest BCUT2D eigenvalue weighted by Crippen LogP contribution is -2.28. The SMILES string of the molecule is CC1Cc2cc3c(cc2C=[N+]1C)OCO3. The molecule has 3 rings (SSSR count). The summed E-state index contributed by atoms with van der Waals surface area (Å²) in [6, 6.07) is 4.73. The van der Waals surface area contributed by atoms with Crippen molar-refractivity contribution in [1.82, 2.24) is 0 Å². The van der Waals surface area contributed by atoms with Crippen LogP contribution in [0.4, 0.5) is 0 Å². The van der Waals surface area contributed by atoms with Gasteiger partial charge in [-0.2, -0.15) is 0 Å². The van der Waals surface area contributed by atoms with E-state index >= 15 is 0 Å². The number of ether oxygens (including phenoxy) is 2. The minimum atomic E-state index is 0.351. The fourth-order valence-corrected chi connectivity index (χ4v) is 2.11. The Morgan fingerprint density at radius 1 is 1.27 bits per heavy atom. The van der Waals surface area contributed by atoms with Crippen molar-refractivity contribution in [3.05, 3.63) is 23.3 Å². The highest BCUT2D eigenvalue weighted by molar-refractivity contribution is 5.81. The first kappa shape index (κ1) is 8.77. The van der Waals surface area contributed by atoms with Crippen molar-refractivity contribution in [3.8, 4) is 11.5 Å². The van der Waals surface area contributed by atoms with Crippen molar-refractivity contribution in [2.45, 2.75) is 19.4 Å². The van der Waals surface area contributed by atoms with Gasteiger partial charge < -0.3 is 9.47 Å². The van der Waals surface area contributed by atoms with E-state index in [1.165, 1.54) is 11.1 Å². The van der Waals surface area contributed by atoms with Gasteiger partial charge >= 0.3 is 0 Å². The highest BCUT2D eigenvalue weighted by Gasteiger charge is 2.24. The van der Waals surface area contributed by atoms with Crippen LogP contribution in [0.15, 0.2) is 12.1 Å². The first-order valence-electron chi connectivity index (χ1n) is 5.23. The van der Waals surface area contributed by atoms with E-state index in [0.717, 1.165) is 17.9 Å². The van der Waals surface area contributed by atoms with Gasteiger partial charge in [-0.3, -0.25) is 0 Å². The summed E-state index contributed by atoms with van der Waals surface area (Å²) in [7, 11) is 2.11. The predicted octanol–water partition coefficient (Wildman–Crippen LogP) is 1.42. The molecule has 78 valence electrons. The van der Waals surface area contributed by atoms with E-state index in [0.29, 0.717) is 12.8 Å². The van der Waals surface area contributed by atoms with E-state index < -0.39 is 0 Å².